The van der Waals surface area contributed by atoms with Crippen molar-refractivity contribution in [3.05, 3.63) is 120 Å². The molecule has 0 spiro atoms. The third-order valence-corrected chi connectivity index (χ3v) is 25.1. The number of para-hydroxylation sites is 2. The van der Waals surface area contributed by atoms with Crippen molar-refractivity contribution in [3.8, 4) is 5.75 Å². The molecule has 3 aliphatic rings. The minimum absolute atomic E-state index is 0.0641. The number of amides is 18. The predicted molar refractivity (Wildman–Crippen MR) is 490 cm³/mol. The van der Waals surface area contributed by atoms with Crippen molar-refractivity contribution in [3.63, 3.8) is 0 Å². The van der Waals surface area contributed by atoms with Gasteiger partial charge in [-0.3, -0.25) is 91.1 Å². The number of nitrogens with two attached hydrogens (primary N) is 4. The van der Waals surface area contributed by atoms with Gasteiger partial charge in [0.2, 0.25) is 106 Å². The Bertz CT molecular complexity index is 5340. The van der Waals surface area contributed by atoms with Crippen LogP contribution in [-0.2, 0) is 123 Å². The zero-order valence-electron chi connectivity index (χ0n) is 76.3. The molecule has 3 aromatic carbocycles. The van der Waals surface area contributed by atoms with Crippen LogP contribution in [0.2, 0.25) is 0 Å². The molecule has 6 heterocycles. The number of aromatic nitrogens is 4. The van der Waals surface area contributed by atoms with E-state index in [1.54, 1.807) is 62.4 Å². The SMILES string of the molecule is CCCC[C@H]1C(=O)N(C)[C@@H](CCCC)C(=O)N[C@@H](CN)C(=O)N[C@H](C(=O)NCC(N)=O)CSCC(=O)N[C@@H](Cc2ccc(O)cc2)C(=O)N(C)[C@@H](C)C(=O)N[C@H](CC(N)=O)C(=O)N2CCC[C@H]2C(=O)N[C@@H](Cc2c[nH]cn2)C(=O)N[C@@H](CCC(N)=O)C(=O)N2C[C@H](O)C[C@H]2C(=O)N[C@@H](Cc2c[nH]c3ccccc23)C(=O)N[C@@H](CO)C(=O)N[C@@H](Cc2cn(CC(=O)O)c3ccccc23)C(=O)N1C. The van der Waals surface area contributed by atoms with Crippen molar-refractivity contribution in [2.24, 2.45) is 22.9 Å². The number of likely N-dealkylation sites (N-methyl/N-ethyl adjacent to an activating group) is 3. The van der Waals surface area contributed by atoms with E-state index in [0.29, 0.717) is 45.8 Å². The summed E-state index contributed by atoms with van der Waals surface area (Å²) >= 11 is 0.730. The molecule has 3 aromatic heterocycles. The fourth-order valence-electron chi connectivity index (χ4n) is 16.5. The Morgan fingerprint density at radius 3 is 1.77 bits per heavy atom. The van der Waals surface area contributed by atoms with Crippen LogP contribution in [0.5, 0.6) is 5.75 Å². The molecule has 3 fully saturated rings. The van der Waals surface area contributed by atoms with Crippen LogP contribution in [0.1, 0.15) is 120 Å². The second kappa shape index (κ2) is 49.8. The van der Waals surface area contributed by atoms with Gasteiger partial charge in [-0.25, -0.2) is 4.98 Å². The normalized spacial score (nSPS) is 24.6. The van der Waals surface area contributed by atoms with E-state index < -0.39 is 292 Å². The number of primary amides is 3. The van der Waals surface area contributed by atoms with Crippen molar-refractivity contribution in [1.29, 1.82) is 0 Å². The molecule has 0 saturated carbocycles. The number of aromatic amines is 2. The van der Waals surface area contributed by atoms with Crippen molar-refractivity contribution < 1.29 is 112 Å². The van der Waals surface area contributed by atoms with Gasteiger partial charge >= 0.3 is 5.97 Å². The third kappa shape index (κ3) is 28.5. The number of carboxylic acid groups (broad SMARTS) is 1. The summed E-state index contributed by atoms with van der Waals surface area (Å²) in [4.78, 5) is 289. The zero-order valence-corrected chi connectivity index (χ0v) is 77.1. The number of hydrogen-bond acceptors (Lipinski definition) is 25. The molecule has 24 N–H and O–H groups in total. The number of fused-ring (bicyclic) bond motifs is 4. The first-order chi connectivity index (χ1) is 64.7. The molecule has 15 atom stereocenters. The molecule has 47 heteroatoms. The number of phenols is 1. The van der Waals surface area contributed by atoms with E-state index in [9.17, 15) is 78.0 Å². The van der Waals surface area contributed by atoms with Gasteiger partial charge in [-0.05, 0) is 80.0 Å². The average Bonchev–Trinajstić information content (AvgIpc) is 1.65. The topological polar surface area (TPSA) is 695 Å². The van der Waals surface area contributed by atoms with Gasteiger partial charge in [-0.15, -0.1) is 11.8 Å². The fourth-order valence-corrected chi connectivity index (χ4v) is 17.4. The van der Waals surface area contributed by atoms with Gasteiger partial charge in [0.15, 0.2) is 0 Å². The Morgan fingerprint density at radius 2 is 1.13 bits per heavy atom. The number of thioether (sulfide) groups is 1. The summed E-state index contributed by atoms with van der Waals surface area (Å²) in [6.07, 6.45) is 1.40. The van der Waals surface area contributed by atoms with Crippen LogP contribution in [-0.4, -0.2) is 333 Å². The molecule has 736 valence electrons. The van der Waals surface area contributed by atoms with E-state index >= 15 is 33.6 Å². The highest BCUT2D eigenvalue weighted by Gasteiger charge is 2.47. The summed E-state index contributed by atoms with van der Waals surface area (Å²) in [6.45, 7) is 0.916. The number of H-pyrrole nitrogens is 2. The van der Waals surface area contributed by atoms with Crippen LogP contribution in [0.25, 0.3) is 21.8 Å². The Balaban J connectivity index is 1.11. The van der Waals surface area contributed by atoms with Crippen molar-refractivity contribution in [2.45, 2.75) is 221 Å². The van der Waals surface area contributed by atoms with Crippen molar-refractivity contribution in [1.82, 2.24) is 97.2 Å². The number of carbonyl (C=O) groups is 19. The molecule has 6 aromatic rings. The van der Waals surface area contributed by atoms with Gasteiger partial charge in [-0.2, -0.15) is 0 Å². The number of benzene rings is 3. The number of unbranched alkanes of at least 4 members (excludes halogenated alkanes) is 2. The van der Waals surface area contributed by atoms with Crippen molar-refractivity contribution >= 4 is 146 Å². The lowest BCUT2D eigenvalue weighted by molar-refractivity contribution is -0.149. The summed E-state index contributed by atoms with van der Waals surface area (Å²) in [7, 11) is 3.74. The number of aromatic hydroxyl groups is 1. The first-order valence-corrected chi connectivity index (χ1v) is 45.8. The highest BCUT2D eigenvalue weighted by molar-refractivity contribution is 8.00. The van der Waals surface area contributed by atoms with E-state index in [4.69, 9.17) is 22.9 Å². The van der Waals surface area contributed by atoms with Gasteiger partial charge in [0.1, 0.15) is 96.9 Å². The lowest BCUT2D eigenvalue weighted by Crippen LogP contribution is -2.62. The van der Waals surface area contributed by atoms with Gasteiger partial charge in [-0.1, -0.05) is 88.1 Å². The Kier molecular flexibility index (Phi) is 38.6. The van der Waals surface area contributed by atoms with Gasteiger partial charge in [0, 0.05) is 125 Å². The Morgan fingerprint density at radius 1 is 0.559 bits per heavy atom. The number of aliphatic hydroxyl groups excluding tert-OH is 2. The van der Waals surface area contributed by atoms with Gasteiger partial charge in [0.05, 0.1) is 43.5 Å². The van der Waals surface area contributed by atoms with Crippen LogP contribution < -0.4 is 76.1 Å². The standard InChI is InChI=1S/C89H121N23O23S/c1-7-9-19-67-82(128)104-63(36-90)80(126)106-65(77(123)96-39-73(93)118)44-136-45-74(119)98-60(30-48-23-25-52(114)26-24-48)85(131)107(4)47(3)76(122)102-62(35-72(92)117)88(134)111-29-15-22-68(111)83(129)101-59(33-51-38-94-46-97-51)79(125)99-57(27-28-71(91)116)87(133)112-41-53(115)34-70(112)84(130)100-58(31-49-37-95-56-18-13-11-16-54(49)56)78(124)105-64(43-113)81(127)103-61(86(132)109(6)69(20-10-8-2)89(135)108(67)5)32-50-40-110(42-75(120)121)66-21-14-12-17-55(50)66/h11-14,16-18,21,23-26,37-38,40,46-47,53,57-65,67-70,95,113-115H,7-10,15,19-20,22,27-36,39,41-45,90H2,1-6H3,(H2,91,116)(H2,92,117)(H2,93,118)(H,94,97)(H,96,123)(H,98,119)(H,99,125)(H,100,130)(H,101,129)(H,102,122)(H,103,127)(H,104,128)(H,105,124)(H,106,126)(H,120,121)/t47-,53+,57-,58-,59-,60-,61-,62+,63-,64-,65-,67-,68-,69-,70-/m0/s1. The van der Waals surface area contributed by atoms with E-state index in [-0.39, 0.29) is 68.5 Å². The second-order valence-electron chi connectivity index (χ2n) is 33.9. The van der Waals surface area contributed by atoms with Crippen LogP contribution in [0.15, 0.2) is 97.7 Å². The number of hydrogen-bond donors (Lipinski definition) is 20. The maximum atomic E-state index is 15.8. The molecular weight excluding hydrogens is 1790 g/mol. The molecule has 0 unspecified atom stereocenters. The first kappa shape index (κ1) is 106. The number of phenolic OH excluding ortho intramolecular Hbond substituents is 1. The van der Waals surface area contributed by atoms with E-state index in [1.165, 1.54) is 81.8 Å². The molecule has 18 amide bonds. The smallest absolute Gasteiger partial charge is 0.323 e. The molecule has 0 radical (unpaired) electrons. The number of imidazole rings is 1. The second-order valence-corrected chi connectivity index (χ2v) is 35.0. The maximum Gasteiger partial charge on any atom is 0.323 e. The minimum atomic E-state index is -2.00. The Labute approximate surface area is 785 Å². The molecule has 3 aliphatic heterocycles. The third-order valence-electron chi connectivity index (χ3n) is 24.0. The van der Waals surface area contributed by atoms with E-state index in [1.807, 2.05) is 0 Å². The number of aliphatic carboxylic acids is 1. The number of aliphatic hydroxyl groups is 2. The number of rotatable bonds is 26. The molecule has 9 rings (SSSR count). The molecule has 3 saturated heterocycles. The maximum absolute atomic E-state index is 15.8. The number of carbonyl (C=O) groups excluding carboxylic acids is 18. The molecule has 0 bridgehead atoms. The minimum Gasteiger partial charge on any atom is -0.508 e. The summed E-state index contributed by atoms with van der Waals surface area (Å²) in [5, 5.41) is 69.4. The molecule has 0 aliphatic carbocycles. The zero-order chi connectivity index (χ0) is 99.5. The van der Waals surface area contributed by atoms with Crippen LogP contribution in [0, 0.1) is 0 Å². The quantitative estimate of drug-likeness (QED) is 0.0241. The lowest BCUT2D eigenvalue weighted by atomic mass is 10.00. The molecule has 46 nitrogen and oxygen atoms in total. The highest BCUT2D eigenvalue weighted by atomic mass is 32.2. The number of nitrogens with one attached hydrogen (secondary N) is 12. The summed E-state index contributed by atoms with van der Waals surface area (Å²) < 4.78 is 1.39. The highest BCUT2D eigenvalue weighted by Crippen LogP contribution is 2.29. The van der Waals surface area contributed by atoms with E-state index in [2.05, 4.69) is 68.1 Å². The monoisotopic (exact) mass is 1910 g/mol. The number of nitrogens with zero attached hydrogens (tertiary/aromatic N) is 7. The van der Waals surface area contributed by atoms with E-state index in [0.717, 1.165) is 36.3 Å². The Hall–Kier alpha value is -14.1. The van der Waals surface area contributed by atoms with Crippen LogP contribution >= 0.6 is 11.8 Å². The number of carboxylic acids is 1. The first-order valence-electron chi connectivity index (χ1n) is 44.7. The average molecular weight is 1910 g/mol. The summed E-state index contributed by atoms with van der Waals surface area (Å²) in [6, 6.07) is -4.49. The lowest BCUT2D eigenvalue weighted by Gasteiger charge is -2.36. The van der Waals surface area contributed by atoms with Crippen molar-refractivity contribution in [2.75, 3.05) is 65.4 Å². The fraction of sp³-hybridized carbons (Fsp3) is 0.506. The largest absolute Gasteiger partial charge is 0.508 e. The molecular formula is C89H121N23O23S. The van der Waals surface area contributed by atoms with Crippen LogP contribution in [0.3, 0.4) is 0 Å². The summed E-state index contributed by atoms with van der Waals surface area (Å²) in [5.41, 5.74) is 25.1. The predicted octanol–water partition coefficient (Wildman–Crippen LogP) is -5.46. The van der Waals surface area contributed by atoms with Gasteiger partial charge < -0.3 is 136 Å². The summed E-state index contributed by atoms with van der Waals surface area (Å²) in [5.74, 6) is -20.9. The molecule has 136 heavy (non-hydrogen) atoms. The van der Waals surface area contributed by atoms with Gasteiger partial charge in [0.25, 0.3) is 0 Å². The van der Waals surface area contributed by atoms with Crippen LogP contribution in [0.4, 0.5) is 0 Å².